The number of nitrogens with one attached hydrogen (secondary N) is 1. The van der Waals surface area contributed by atoms with Gasteiger partial charge >= 0.3 is 6.36 Å². The van der Waals surface area contributed by atoms with Crippen LogP contribution in [0.4, 0.5) is 13.2 Å². The van der Waals surface area contributed by atoms with Crippen LogP contribution in [0.3, 0.4) is 0 Å². The van der Waals surface area contributed by atoms with Crippen LogP contribution in [0.15, 0.2) is 24.3 Å². The van der Waals surface area contributed by atoms with Gasteiger partial charge in [0.05, 0.1) is 5.41 Å². The zero-order valence-corrected chi connectivity index (χ0v) is 14.6. The maximum atomic E-state index is 12.2. The molecule has 0 saturated heterocycles. The van der Waals surface area contributed by atoms with Gasteiger partial charge in [0.25, 0.3) is 0 Å². The van der Waals surface area contributed by atoms with E-state index in [2.05, 4.69) is 10.1 Å². The highest BCUT2D eigenvalue weighted by atomic mass is 35.5. The van der Waals surface area contributed by atoms with Gasteiger partial charge in [-0.15, -0.1) is 25.6 Å². The van der Waals surface area contributed by atoms with Crippen molar-refractivity contribution in [2.75, 3.05) is 13.1 Å². The van der Waals surface area contributed by atoms with E-state index in [4.69, 9.17) is 5.73 Å². The molecule has 1 rings (SSSR count). The third-order valence-corrected chi connectivity index (χ3v) is 4.08. The average Bonchev–Trinajstić information content (AvgIpc) is 2.50. The summed E-state index contributed by atoms with van der Waals surface area (Å²) in [7, 11) is 0. The van der Waals surface area contributed by atoms with Crippen LogP contribution >= 0.6 is 12.4 Å². The molecule has 0 aliphatic carbocycles. The normalized spacial score (nSPS) is 11.6. The summed E-state index contributed by atoms with van der Waals surface area (Å²) >= 11 is 0. The van der Waals surface area contributed by atoms with E-state index in [0.717, 1.165) is 5.56 Å². The second kappa shape index (κ2) is 9.74. The van der Waals surface area contributed by atoms with Gasteiger partial charge in [0.2, 0.25) is 5.91 Å². The van der Waals surface area contributed by atoms with Crippen LogP contribution in [0, 0.1) is 5.41 Å². The fourth-order valence-corrected chi connectivity index (χ4v) is 2.32. The number of ether oxygens (including phenoxy) is 1. The maximum absolute atomic E-state index is 12.2. The highest BCUT2D eigenvalue weighted by Crippen LogP contribution is 2.25. The number of halogens is 4. The van der Waals surface area contributed by atoms with E-state index in [1.165, 1.54) is 12.1 Å². The predicted molar refractivity (Wildman–Crippen MR) is 89.2 cm³/mol. The van der Waals surface area contributed by atoms with Crippen LogP contribution < -0.4 is 15.8 Å². The Kier molecular flexibility index (Phi) is 9.14. The topological polar surface area (TPSA) is 64.4 Å². The highest BCUT2D eigenvalue weighted by Gasteiger charge is 2.33. The number of carbonyl (C=O) groups is 1. The molecule has 0 aliphatic heterocycles. The Balaban J connectivity index is 0.00000529. The summed E-state index contributed by atoms with van der Waals surface area (Å²) in [6.45, 7) is 4.54. The molecule has 0 unspecified atom stereocenters. The predicted octanol–water partition coefficient (Wildman–Crippen LogP) is 3.43. The maximum Gasteiger partial charge on any atom is 0.573 e. The molecule has 0 saturated carbocycles. The SMILES string of the molecule is CCC(CC)(CN)C(=O)NCCc1ccc(OC(F)(F)F)cc1.Cl. The van der Waals surface area contributed by atoms with Crippen molar-refractivity contribution in [2.24, 2.45) is 11.1 Å². The van der Waals surface area contributed by atoms with Crippen molar-refractivity contribution in [3.8, 4) is 5.75 Å². The molecule has 0 fully saturated rings. The molecule has 0 heterocycles. The van der Waals surface area contributed by atoms with Crippen molar-refractivity contribution < 1.29 is 22.7 Å². The monoisotopic (exact) mass is 368 g/mol. The van der Waals surface area contributed by atoms with Gasteiger partial charge < -0.3 is 15.8 Å². The first-order chi connectivity index (χ1) is 10.8. The first-order valence-electron chi connectivity index (χ1n) is 7.59. The third kappa shape index (κ3) is 6.57. The van der Waals surface area contributed by atoms with E-state index in [1.54, 1.807) is 12.1 Å². The van der Waals surface area contributed by atoms with Gasteiger partial charge in [-0.05, 0) is 37.0 Å². The smallest absolute Gasteiger partial charge is 0.406 e. The standard InChI is InChI=1S/C16H23F3N2O2.ClH/c1-3-15(4-2,11-20)14(22)21-10-9-12-5-7-13(8-6-12)23-16(17,18)19;/h5-8H,3-4,9-11,20H2,1-2H3,(H,21,22);1H. The fourth-order valence-electron chi connectivity index (χ4n) is 2.32. The van der Waals surface area contributed by atoms with E-state index in [-0.39, 0.29) is 30.6 Å². The van der Waals surface area contributed by atoms with Gasteiger partial charge in [-0.2, -0.15) is 0 Å². The Labute approximate surface area is 146 Å². The molecule has 0 aliphatic rings. The molecule has 0 radical (unpaired) electrons. The lowest BCUT2D eigenvalue weighted by Crippen LogP contribution is -2.45. The van der Waals surface area contributed by atoms with Crippen molar-refractivity contribution in [3.05, 3.63) is 29.8 Å². The average molecular weight is 369 g/mol. The molecular weight excluding hydrogens is 345 g/mol. The van der Waals surface area contributed by atoms with Crippen molar-refractivity contribution in [1.82, 2.24) is 5.32 Å². The molecule has 4 nitrogen and oxygen atoms in total. The molecule has 1 aromatic carbocycles. The molecule has 0 bridgehead atoms. The number of amides is 1. The highest BCUT2D eigenvalue weighted by molar-refractivity contribution is 5.85. The minimum atomic E-state index is -4.69. The molecule has 138 valence electrons. The number of hydrogen-bond donors (Lipinski definition) is 2. The van der Waals surface area contributed by atoms with Crippen molar-refractivity contribution in [3.63, 3.8) is 0 Å². The van der Waals surface area contributed by atoms with Crippen LogP contribution in [0.1, 0.15) is 32.3 Å². The molecular formula is C16H24ClF3N2O2. The van der Waals surface area contributed by atoms with E-state index in [1.807, 2.05) is 13.8 Å². The molecule has 3 N–H and O–H groups in total. The van der Waals surface area contributed by atoms with Gasteiger partial charge in [-0.3, -0.25) is 4.79 Å². The molecule has 1 aromatic rings. The van der Waals surface area contributed by atoms with Crippen molar-refractivity contribution in [1.29, 1.82) is 0 Å². The van der Waals surface area contributed by atoms with E-state index in [9.17, 15) is 18.0 Å². The molecule has 8 heteroatoms. The Morgan fingerprint density at radius 2 is 1.71 bits per heavy atom. The van der Waals surface area contributed by atoms with Crippen LogP contribution in [-0.4, -0.2) is 25.4 Å². The van der Waals surface area contributed by atoms with Gasteiger partial charge in [-0.25, -0.2) is 0 Å². The van der Waals surface area contributed by atoms with Crippen LogP contribution in [-0.2, 0) is 11.2 Å². The fraction of sp³-hybridized carbons (Fsp3) is 0.562. The van der Waals surface area contributed by atoms with Gasteiger partial charge in [-0.1, -0.05) is 26.0 Å². The zero-order chi connectivity index (χ0) is 17.5. The lowest BCUT2D eigenvalue weighted by molar-refractivity contribution is -0.274. The summed E-state index contributed by atoms with van der Waals surface area (Å²) in [5.41, 5.74) is 5.97. The molecule has 0 aromatic heterocycles. The second-order valence-electron chi connectivity index (χ2n) is 5.39. The minimum absolute atomic E-state index is 0. The first-order valence-corrected chi connectivity index (χ1v) is 7.59. The number of nitrogens with two attached hydrogens (primary N) is 1. The zero-order valence-electron chi connectivity index (χ0n) is 13.8. The summed E-state index contributed by atoms with van der Waals surface area (Å²) in [6.07, 6.45) is -2.85. The van der Waals surface area contributed by atoms with Gasteiger partial charge in [0.1, 0.15) is 5.75 Å². The summed E-state index contributed by atoms with van der Waals surface area (Å²) in [5.74, 6) is -0.341. The second-order valence-corrected chi connectivity index (χ2v) is 5.39. The largest absolute Gasteiger partial charge is 0.573 e. The van der Waals surface area contributed by atoms with Crippen LogP contribution in [0.5, 0.6) is 5.75 Å². The summed E-state index contributed by atoms with van der Waals surface area (Å²) in [4.78, 5) is 12.2. The van der Waals surface area contributed by atoms with Gasteiger partial charge in [0, 0.05) is 13.1 Å². The Morgan fingerprint density at radius 1 is 1.17 bits per heavy atom. The van der Waals surface area contributed by atoms with Crippen molar-refractivity contribution in [2.45, 2.75) is 39.5 Å². The molecule has 0 atom stereocenters. The van der Waals surface area contributed by atoms with E-state index in [0.29, 0.717) is 25.8 Å². The van der Waals surface area contributed by atoms with Crippen LogP contribution in [0.25, 0.3) is 0 Å². The van der Waals surface area contributed by atoms with Gasteiger partial charge in [0.15, 0.2) is 0 Å². The Hall–Kier alpha value is -1.47. The lowest BCUT2D eigenvalue weighted by Gasteiger charge is -2.28. The molecule has 1 amide bonds. The number of benzene rings is 1. The Morgan fingerprint density at radius 3 is 2.12 bits per heavy atom. The summed E-state index contributed by atoms with van der Waals surface area (Å²) in [5, 5.41) is 2.85. The number of alkyl halides is 3. The van der Waals surface area contributed by atoms with E-state index < -0.39 is 11.8 Å². The lowest BCUT2D eigenvalue weighted by atomic mass is 9.81. The van der Waals surface area contributed by atoms with Crippen LogP contribution in [0.2, 0.25) is 0 Å². The number of rotatable bonds is 8. The number of carbonyl (C=O) groups excluding carboxylic acids is 1. The van der Waals surface area contributed by atoms with Crippen molar-refractivity contribution >= 4 is 18.3 Å². The third-order valence-electron chi connectivity index (χ3n) is 4.08. The first kappa shape index (κ1) is 22.5. The Bertz CT molecular complexity index is 495. The summed E-state index contributed by atoms with van der Waals surface area (Å²) < 4.78 is 40.0. The molecule has 24 heavy (non-hydrogen) atoms. The number of hydrogen-bond acceptors (Lipinski definition) is 3. The minimum Gasteiger partial charge on any atom is -0.406 e. The quantitative estimate of drug-likeness (QED) is 0.738. The van der Waals surface area contributed by atoms with E-state index >= 15 is 0 Å². The molecule has 0 spiro atoms. The summed E-state index contributed by atoms with van der Waals surface area (Å²) in [6, 6.07) is 5.60.